The highest BCUT2D eigenvalue weighted by atomic mass is 16.4. The van der Waals surface area contributed by atoms with Gasteiger partial charge in [0.15, 0.2) is 0 Å². The molecule has 0 bridgehead atoms. The maximum absolute atomic E-state index is 12.6. The van der Waals surface area contributed by atoms with Crippen LogP contribution in [0.15, 0.2) is 18.2 Å². The highest BCUT2D eigenvalue weighted by Gasteiger charge is 2.40. The molecule has 0 aliphatic carbocycles. The Bertz CT molecular complexity index is 622. The number of carboxylic acids is 1. The second kappa shape index (κ2) is 5.20. The number of nitrogens with one attached hydrogen (secondary N) is 1. The fraction of sp³-hybridized carbons (Fsp3) is 0.400. The molecule has 1 aliphatic rings. The fourth-order valence-electron chi connectivity index (χ4n) is 2.44. The summed E-state index contributed by atoms with van der Waals surface area (Å²) in [4.78, 5) is 37.1. The Morgan fingerprint density at radius 1 is 1.24 bits per heavy atom. The Hall–Kier alpha value is -2.37. The number of carbonyl (C=O) groups is 3. The van der Waals surface area contributed by atoms with Crippen LogP contribution in [0, 0.1) is 6.92 Å². The lowest BCUT2D eigenvalue weighted by Gasteiger charge is -2.41. The summed E-state index contributed by atoms with van der Waals surface area (Å²) >= 11 is 0. The normalized spacial score (nSPS) is 17.3. The Balaban J connectivity index is 2.40. The molecular formula is C15H18N2O4. The van der Waals surface area contributed by atoms with Crippen molar-refractivity contribution in [3.05, 3.63) is 34.9 Å². The van der Waals surface area contributed by atoms with Gasteiger partial charge in [0.2, 0.25) is 5.91 Å². The summed E-state index contributed by atoms with van der Waals surface area (Å²) in [6.45, 7) is 5.87. The van der Waals surface area contributed by atoms with Crippen molar-refractivity contribution in [2.45, 2.75) is 26.3 Å². The molecule has 0 unspecified atom stereocenters. The zero-order valence-electron chi connectivity index (χ0n) is 12.3. The average molecular weight is 290 g/mol. The molecule has 21 heavy (non-hydrogen) atoms. The number of nitrogens with zero attached hydrogens (tertiary/aromatic N) is 1. The quantitative estimate of drug-likeness (QED) is 0.852. The third-order valence-corrected chi connectivity index (χ3v) is 3.67. The van der Waals surface area contributed by atoms with Crippen molar-refractivity contribution in [3.8, 4) is 0 Å². The second-order valence-electron chi connectivity index (χ2n) is 5.66. The Kier molecular flexibility index (Phi) is 3.72. The summed E-state index contributed by atoms with van der Waals surface area (Å²) in [5.74, 6) is -1.63. The zero-order valence-corrected chi connectivity index (χ0v) is 12.3. The molecule has 1 aliphatic heterocycles. The van der Waals surface area contributed by atoms with Crippen LogP contribution in [0.4, 0.5) is 0 Å². The molecule has 1 heterocycles. The van der Waals surface area contributed by atoms with Gasteiger partial charge < -0.3 is 15.3 Å². The van der Waals surface area contributed by atoms with Gasteiger partial charge in [0, 0.05) is 18.7 Å². The number of benzene rings is 1. The molecule has 0 saturated carbocycles. The second-order valence-corrected chi connectivity index (χ2v) is 5.66. The van der Waals surface area contributed by atoms with E-state index < -0.39 is 11.5 Å². The maximum Gasteiger partial charge on any atom is 0.335 e. The summed E-state index contributed by atoms with van der Waals surface area (Å²) in [5.41, 5.74) is 0.0907. The van der Waals surface area contributed by atoms with Crippen molar-refractivity contribution in [2.75, 3.05) is 13.1 Å². The molecule has 0 radical (unpaired) electrons. The van der Waals surface area contributed by atoms with Crippen LogP contribution in [0.3, 0.4) is 0 Å². The van der Waals surface area contributed by atoms with Crippen molar-refractivity contribution in [1.82, 2.24) is 10.2 Å². The first-order valence-electron chi connectivity index (χ1n) is 6.69. The topological polar surface area (TPSA) is 86.7 Å². The van der Waals surface area contributed by atoms with Crippen molar-refractivity contribution in [3.63, 3.8) is 0 Å². The van der Waals surface area contributed by atoms with E-state index in [4.69, 9.17) is 5.11 Å². The standard InChI is InChI=1S/C15H18N2O4/c1-9-6-10(8-11(7-9)13(19)20)12(18)17-5-4-16-14(21)15(17,2)3/h6-8H,4-5H2,1-3H3,(H,16,21)(H,19,20). The number of aryl methyl sites for hydroxylation is 1. The van der Waals surface area contributed by atoms with Crippen LogP contribution in [-0.4, -0.2) is 46.4 Å². The highest BCUT2D eigenvalue weighted by Crippen LogP contribution is 2.22. The van der Waals surface area contributed by atoms with Gasteiger partial charge in [-0.3, -0.25) is 9.59 Å². The van der Waals surface area contributed by atoms with E-state index in [1.807, 2.05) is 0 Å². The first-order chi connectivity index (χ1) is 9.73. The first-order valence-corrected chi connectivity index (χ1v) is 6.69. The van der Waals surface area contributed by atoms with Crippen LogP contribution in [0.1, 0.15) is 40.1 Å². The van der Waals surface area contributed by atoms with E-state index >= 15 is 0 Å². The summed E-state index contributed by atoms with van der Waals surface area (Å²) < 4.78 is 0. The van der Waals surface area contributed by atoms with E-state index in [1.54, 1.807) is 26.8 Å². The van der Waals surface area contributed by atoms with E-state index in [-0.39, 0.29) is 22.9 Å². The molecule has 1 aromatic rings. The minimum Gasteiger partial charge on any atom is -0.478 e. The highest BCUT2D eigenvalue weighted by molar-refractivity contribution is 6.01. The number of carboxylic acid groups (broad SMARTS) is 1. The molecule has 1 aromatic carbocycles. The zero-order chi connectivity index (χ0) is 15.8. The van der Waals surface area contributed by atoms with E-state index in [1.165, 1.54) is 17.0 Å². The molecule has 2 rings (SSSR count). The molecular weight excluding hydrogens is 272 g/mol. The largest absolute Gasteiger partial charge is 0.478 e. The maximum atomic E-state index is 12.6. The van der Waals surface area contributed by atoms with Gasteiger partial charge in [-0.2, -0.15) is 0 Å². The van der Waals surface area contributed by atoms with Crippen LogP contribution in [0.25, 0.3) is 0 Å². The number of piperazine rings is 1. The molecule has 2 amide bonds. The van der Waals surface area contributed by atoms with E-state index in [2.05, 4.69) is 5.32 Å². The summed E-state index contributed by atoms with van der Waals surface area (Å²) in [6, 6.07) is 4.49. The minimum absolute atomic E-state index is 0.0672. The van der Waals surface area contributed by atoms with Crippen LogP contribution < -0.4 is 5.32 Å². The molecule has 2 N–H and O–H groups in total. The molecule has 0 spiro atoms. The molecule has 0 atom stereocenters. The van der Waals surface area contributed by atoms with Crippen molar-refractivity contribution >= 4 is 17.8 Å². The van der Waals surface area contributed by atoms with Gasteiger partial charge in [-0.05, 0) is 44.5 Å². The number of aromatic carboxylic acids is 1. The van der Waals surface area contributed by atoms with Gasteiger partial charge in [-0.15, -0.1) is 0 Å². The smallest absolute Gasteiger partial charge is 0.335 e. The van der Waals surface area contributed by atoms with Crippen molar-refractivity contribution < 1.29 is 19.5 Å². The van der Waals surface area contributed by atoms with Gasteiger partial charge in [-0.1, -0.05) is 0 Å². The van der Waals surface area contributed by atoms with Gasteiger partial charge in [-0.25, -0.2) is 4.79 Å². The monoisotopic (exact) mass is 290 g/mol. The average Bonchev–Trinajstić information content (AvgIpc) is 2.40. The molecule has 112 valence electrons. The van der Waals surface area contributed by atoms with Gasteiger partial charge in [0.25, 0.3) is 5.91 Å². The van der Waals surface area contributed by atoms with Crippen LogP contribution in [0.2, 0.25) is 0 Å². The number of hydrogen-bond donors (Lipinski definition) is 2. The molecule has 1 saturated heterocycles. The first kappa shape index (κ1) is 15.0. The van der Waals surface area contributed by atoms with Gasteiger partial charge >= 0.3 is 5.97 Å². The van der Waals surface area contributed by atoms with Gasteiger partial charge in [0.1, 0.15) is 5.54 Å². The Morgan fingerprint density at radius 2 is 1.86 bits per heavy atom. The molecule has 6 nitrogen and oxygen atoms in total. The summed E-state index contributed by atoms with van der Waals surface area (Å²) in [5, 5.41) is 11.8. The lowest BCUT2D eigenvalue weighted by Crippen LogP contribution is -2.63. The molecule has 0 aromatic heterocycles. The number of carbonyl (C=O) groups excluding carboxylic acids is 2. The molecule has 6 heteroatoms. The van der Waals surface area contributed by atoms with Crippen molar-refractivity contribution in [2.24, 2.45) is 0 Å². The van der Waals surface area contributed by atoms with Crippen LogP contribution >= 0.6 is 0 Å². The summed E-state index contributed by atoms with van der Waals surface area (Å²) in [7, 11) is 0. The minimum atomic E-state index is -1.08. The third-order valence-electron chi connectivity index (χ3n) is 3.67. The number of rotatable bonds is 2. The lowest BCUT2D eigenvalue weighted by molar-refractivity contribution is -0.133. The SMILES string of the molecule is Cc1cc(C(=O)O)cc(C(=O)N2CCNC(=O)C2(C)C)c1. The van der Waals surface area contributed by atoms with E-state index in [0.717, 1.165) is 0 Å². The third kappa shape index (κ3) is 2.74. The Labute approximate surface area is 122 Å². The predicted molar refractivity (Wildman–Crippen MR) is 76.3 cm³/mol. The predicted octanol–water partition coefficient (Wildman–Crippen LogP) is 1.04. The van der Waals surface area contributed by atoms with Crippen LogP contribution in [-0.2, 0) is 4.79 Å². The Morgan fingerprint density at radius 3 is 2.48 bits per heavy atom. The number of amides is 2. The van der Waals surface area contributed by atoms with Gasteiger partial charge in [0.05, 0.1) is 5.56 Å². The lowest BCUT2D eigenvalue weighted by atomic mass is 9.96. The summed E-state index contributed by atoms with van der Waals surface area (Å²) in [6.07, 6.45) is 0. The van der Waals surface area contributed by atoms with Crippen LogP contribution in [0.5, 0.6) is 0 Å². The number of hydrogen-bond acceptors (Lipinski definition) is 3. The van der Waals surface area contributed by atoms with E-state index in [0.29, 0.717) is 18.7 Å². The van der Waals surface area contributed by atoms with E-state index in [9.17, 15) is 14.4 Å². The van der Waals surface area contributed by atoms with Crippen molar-refractivity contribution in [1.29, 1.82) is 0 Å². The fourth-order valence-corrected chi connectivity index (χ4v) is 2.44. The molecule has 1 fully saturated rings.